The molecule has 0 bridgehead atoms. The van der Waals surface area contributed by atoms with Crippen molar-refractivity contribution in [3.05, 3.63) is 59.4 Å². The van der Waals surface area contributed by atoms with E-state index in [-0.39, 0.29) is 17.9 Å². The zero-order chi connectivity index (χ0) is 27.5. The second kappa shape index (κ2) is 9.15. The van der Waals surface area contributed by atoms with Gasteiger partial charge >= 0.3 is 6.03 Å². The van der Waals surface area contributed by atoms with Crippen molar-refractivity contribution >= 4 is 17.8 Å². The molecule has 2 fully saturated rings. The third-order valence-corrected chi connectivity index (χ3v) is 8.30. The summed E-state index contributed by atoms with van der Waals surface area (Å²) in [6.07, 6.45) is 2.60. The summed E-state index contributed by atoms with van der Waals surface area (Å²) in [5, 5.41) is 2.36. The lowest BCUT2D eigenvalue weighted by Gasteiger charge is -2.31. The van der Waals surface area contributed by atoms with Crippen molar-refractivity contribution in [2.75, 3.05) is 11.4 Å². The van der Waals surface area contributed by atoms with Crippen LogP contribution in [0.2, 0.25) is 0 Å². The highest BCUT2D eigenvalue weighted by Gasteiger charge is 2.50. The van der Waals surface area contributed by atoms with Crippen molar-refractivity contribution in [1.82, 2.24) is 24.8 Å². The van der Waals surface area contributed by atoms with Crippen LogP contribution in [-0.2, 0) is 30.5 Å². The Morgan fingerprint density at radius 2 is 1.87 bits per heavy atom. The number of ether oxygens (including phenoxy) is 1. The number of anilines is 1. The summed E-state index contributed by atoms with van der Waals surface area (Å²) in [7, 11) is 1.85. The lowest BCUT2D eigenvalue weighted by molar-refractivity contribution is -0.120. The van der Waals surface area contributed by atoms with E-state index in [9.17, 15) is 14.0 Å². The molecule has 1 aromatic carbocycles. The van der Waals surface area contributed by atoms with Crippen LogP contribution in [0.5, 0.6) is 5.75 Å². The molecule has 1 N–H and O–H groups in total. The van der Waals surface area contributed by atoms with Gasteiger partial charge in [-0.25, -0.2) is 19.2 Å². The molecule has 1 atom stereocenters. The number of rotatable bonds is 7. The van der Waals surface area contributed by atoms with Crippen molar-refractivity contribution in [2.24, 2.45) is 7.05 Å². The van der Waals surface area contributed by atoms with E-state index in [1.54, 1.807) is 13.1 Å². The third kappa shape index (κ3) is 4.56. The van der Waals surface area contributed by atoms with Crippen LogP contribution in [0.4, 0.5) is 15.0 Å². The first-order valence-electron chi connectivity index (χ1n) is 13.4. The van der Waals surface area contributed by atoms with E-state index in [2.05, 4.69) is 35.1 Å². The summed E-state index contributed by atoms with van der Waals surface area (Å²) >= 11 is 0. The fourth-order valence-corrected chi connectivity index (χ4v) is 5.48. The molecular weight excluding hydrogens is 499 g/mol. The molecule has 39 heavy (non-hydrogen) atoms. The average Bonchev–Trinajstić information content (AvgIpc) is 3.47. The number of amides is 3. The zero-order valence-electron chi connectivity index (χ0n) is 22.7. The molecule has 9 nitrogen and oxygen atoms in total. The molecule has 2 aliphatic heterocycles. The first-order valence-corrected chi connectivity index (χ1v) is 13.4. The van der Waals surface area contributed by atoms with Gasteiger partial charge in [-0.1, -0.05) is 18.2 Å². The summed E-state index contributed by atoms with van der Waals surface area (Å²) < 4.78 is 21.9. The second-order valence-corrected chi connectivity index (χ2v) is 11.3. The quantitative estimate of drug-likeness (QED) is 0.484. The van der Waals surface area contributed by atoms with E-state index < -0.39 is 17.8 Å². The maximum absolute atomic E-state index is 14.2. The predicted octanol–water partition coefficient (Wildman–Crippen LogP) is 4.45. The molecule has 1 saturated heterocycles. The molecule has 1 saturated carbocycles. The maximum atomic E-state index is 14.2. The van der Waals surface area contributed by atoms with Crippen LogP contribution >= 0.6 is 0 Å². The van der Waals surface area contributed by atoms with Gasteiger partial charge in [0.15, 0.2) is 5.82 Å². The Bertz CT molecular complexity index is 1450. The van der Waals surface area contributed by atoms with E-state index in [1.165, 1.54) is 10.5 Å². The minimum atomic E-state index is -1.17. The number of alkyl halides is 1. The number of hydrogen-bond acceptors (Lipinski definition) is 6. The Labute approximate surface area is 227 Å². The third-order valence-electron chi connectivity index (χ3n) is 8.30. The van der Waals surface area contributed by atoms with Gasteiger partial charge in [-0.2, -0.15) is 0 Å². The number of imidazole rings is 1. The van der Waals surface area contributed by atoms with Crippen LogP contribution in [0, 0.1) is 0 Å². The van der Waals surface area contributed by atoms with Crippen molar-refractivity contribution < 1.29 is 18.7 Å². The van der Waals surface area contributed by atoms with Crippen molar-refractivity contribution in [2.45, 2.75) is 70.4 Å². The molecule has 10 heteroatoms. The van der Waals surface area contributed by atoms with Gasteiger partial charge < -0.3 is 9.30 Å². The molecule has 1 aliphatic carbocycles. The van der Waals surface area contributed by atoms with Gasteiger partial charge in [-0.05, 0) is 62.9 Å². The van der Waals surface area contributed by atoms with Gasteiger partial charge in [0.2, 0.25) is 5.91 Å². The Morgan fingerprint density at radius 1 is 1.13 bits per heavy atom. The average molecular weight is 533 g/mol. The number of aromatic nitrogens is 3. The number of fused-ring (bicyclic) bond motifs is 1. The number of benzene rings is 1. The first kappa shape index (κ1) is 25.5. The van der Waals surface area contributed by atoms with Crippen molar-refractivity contribution in [3.63, 3.8) is 0 Å². The van der Waals surface area contributed by atoms with Crippen LogP contribution in [0.1, 0.15) is 56.9 Å². The van der Waals surface area contributed by atoms with Gasteiger partial charge in [0.05, 0.1) is 17.4 Å². The topological polar surface area (TPSA) is 92.6 Å². The van der Waals surface area contributed by atoms with E-state index in [0.717, 1.165) is 30.0 Å². The summed E-state index contributed by atoms with van der Waals surface area (Å²) in [4.78, 5) is 37.4. The highest BCUT2D eigenvalue weighted by molar-refractivity contribution is 6.05. The second-order valence-electron chi connectivity index (χ2n) is 11.3. The normalized spacial score (nSPS) is 20.5. The summed E-state index contributed by atoms with van der Waals surface area (Å²) in [5.74, 6) is 1.68. The molecule has 3 aliphatic rings. The Balaban J connectivity index is 1.18. The molecule has 0 unspecified atom stereocenters. The number of hydrogen-bond donors (Lipinski definition) is 1. The Hall–Kier alpha value is -3.79. The number of nitrogens with zero attached hydrogens (tertiary/aromatic N) is 5. The fourth-order valence-electron chi connectivity index (χ4n) is 5.48. The van der Waals surface area contributed by atoms with Gasteiger partial charge in [0, 0.05) is 33.1 Å². The van der Waals surface area contributed by atoms with Crippen LogP contribution < -0.4 is 15.0 Å². The number of halogens is 1. The molecular formula is C29H33FN6O3. The summed E-state index contributed by atoms with van der Waals surface area (Å²) in [6.45, 7) is 7.95. The minimum absolute atomic E-state index is 0.251. The Morgan fingerprint density at radius 3 is 2.56 bits per heavy atom. The lowest BCUT2D eigenvalue weighted by Crippen LogP contribution is -2.50. The van der Waals surface area contributed by atoms with Gasteiger partial charge in [-0.15, -0.1) is 0 Å². The molecule has 0 radical (unpaired) electrons. The standard InChI is InChI=1S/C29H33FN6O3/c1-18(29(30)12-13-29)39-21-8-5-19(6-9-21)16-35-17-20-7-10-22(32-25(20)28(35,2)3)26-31-15-24(34(26)4)36-14-11-23(37)33-27(36)38/h5-10,15,18H,11-14,16-17H2,1-4H3,(H,33,37,38)/t18-/m0/s1. The van der Waals surface area contributed by atoms with E-state index in [1.807, 2.05) is 41.9 Å². The molecule has 3 aromatic rings. The van der Waals surface area contributed by atoms with E-state index in [0.29, 0.717) is 36.8 Å². The van der Waals surface area contributed by atoms with Crippen LogP contribution in [-0.4, -0.2) is 49.7 Å². The molecule has 6 rings (SSSR count). The molecule has 3 amide bonds. The number of pyridine rings is 1. The maximum Gasteiger partial charge on any atom is 0.329 e. The van der Waals surface area contributed by atoms with Gasteiger partial charge in [-0.3, -0.25) is 19.9 Å². The molecule has 204 valence electrons. The fraction of sp³-hybridized carbons (Fsp3) is 0.448. The molecule has 0 spiro atoms. The van der Waals surface area contributed by atoms with Crippen LogP contribution in [0.15, 0.2) is 42.6 Å². The summed E-state index contributed by atoms with van der Waals surface area (Å²) in [6, 6.07) is 11.5. The smallest absolute Gasteiger partial charge is 0.329 e. The van der Waals surface area contributed by atoms with E-state index in [4.69, 9.17) is 9.72 Å². The molecule has 4 heterocycles. The predicted molar refractivity (Wildman–Crippen MR) is 144 cm³/mol. The van der Waals surface area contributed by atoms with E-state index >= 15 is 0 Å². The van der Waals surface area contributed by atoms with Gasteiger partial charge in [0.25, 0.3) is 0 Å². The van der Waals surface area contributed by atoms with Crippen LogP contribution in [0.3, 0.4) is 0 Å². The highest BCUT2D eigenvalue weighted by atomic mass is 19.1. The van der Waals surface area contributed by atoms with Gasteiger partial charge in [0.1, 0.15) is 29.0 Å². The highest BCUT2D eigenvalue weighted by Crippen LogP contribution is 2.44. The first-order chi connectivity index (χ1) is 18.5. The number of imide groups is 1. The van der Waals surface area contributed by atoms with Crippen LogP contribution in [0.25, 0.3) is 11.5 Å². The van der Waals surface area contributed by atoms with Crippen molar-refractivity contribution in [3.8, 4) is 17.3 Å². The SMILES string of the molecule is C[C@H](Oc1ccc(CN2Cc3ccc(-c4ncc(N5CCC(=O)NC5=O)n4C)nc3C2(C)C)cc1)C1(F)CC1. The monoisotopic (exact) mass is 532 g/mol. The minimum Gasteiger partial charge on any atom is -0.487 e. The summed E-state index contributed by atoms with van der Waals surface area (Å²) in [5.41, 5.74) is 2.54. The Kier molecular flexibility index (Phi) is 5.98. The number of urea groups is 1. The number of carbonyl (C=O) groups excluding carboxylic acids is 2. The van der Waals surface area contributed by atoms with Crippen molar-refractivity contribution in [1.29, 1.82) is 0 Å². The number of nitrogens with one attached hydrogen (secondary N) is 1. The zero-order valence-corrected chi connectivity index (χ0v) is 22.7. The molecule has 2 aromatic heterocycles. The number of carbonyl (C=O) groups is 2. The largest absolute Gasteiger partial charge is 0.487 e. The lowest BCUT2D eigenvalue weighted by atomic mass is 9.98.